The highest BCUT2D eigenvalue weighted by Gasteiger charge is 2.04. The maximum absolute atomic E-state index is 9.53. The molecule has 0 heterocycles. The predicted molar refractivity (Wildman–Crippen MR) is 53.2 cm³/mol. The van der Waals surface area contributed by atoms with E-state index in [4.69, 9.17) is 4.89 Å². The summed E-state index contributed by atoms with van der Waals surface area (Å²) >= 11 is 0. The van der Waals surface area contributed by atoms with Crippen LogP contribution in [0.1, 0.15) is 0 Å². The predicted octanol–water partition coefficient (Wildman–Crippen LogP) is 2.49. The van der Waals surface area contributed by atoms with Crippen molar-refractivity contribution in [2.24, 2.45) is 0 Å². The molecule has 0 saturated heterocycles. The molecule has 3 heteroatoms. The monoisotopic (exact) mass is 190 g/mol. The fourth-order valence-corrected chi connectivity index (χ4v) is 1.36. The Hall–Kier alpha value is -1.74. The lowest BCUT2D eigenvalue weighted by Crippen LogP contribution is -1.90. The van der Waals surface area contributed by atoms with Crippen molar-refractivity contribution >= 4 is 10.8 Å². The summed E-state index contributed by atoms with van der Waals surface area (Å²) in [6.07, 6.45) is 0. The van der Waals surface area contributed by atoms with Crippen LogP contribution in [0.4, 0.5) is 0 Å². The van der Waals surface area contributed by atoms with Crippen molar-refractivity contribution in [1.82, 2.24) is 0 Å². The van der Waals surface area contributed by atoms with E-state index in [2.05, 4.69) is 4.89 Å². The average Bonchev–Trinajstić information content (AvgIpc) is 2.19. The molecule has 3 nitrogen and oxygen atoms in total. The number of hydrogen-bond acceptors (Lipinski definition) is 3. The normalized spacial score (nSPS) is 10.4. The van der Waals surface area contributed by atoms with E-state index in [-0.39, 0.29) is 5.75 Å². The molecular weight excluding hydrogens is 180 g/mol. The highest BCUT2D eigenvalue weighted by molar-refractivity contribution is 5.85. The Morgan fingerprint density at radius 3 is 2.36 bits per heavy atom. The van der Waals surface area contributed by atoms with Crippen LogP contribution in [-0.2, 0) is 4.89 Å². The molecule has 0 aliphatic heterocycles. The Bertz CT molecular complexity index is 451. The molecule has 0 spiro atoms. The molecule has 0 unspecified atom stereocenters. The highest BCUT2D eigenvalue weighted by Crippen LogP contribution is 2.31. The summed E-state index contributed by atoms with van der Waals surface area (Å²) in [7, 11) is 1.40. The van der Waals surface area contributed by atoms with Crippen LogP contribution in [-0.4, -0.2) is 12.2 Å². The maximum atomic E-state index is 9.53. The van der Waals surface area contributed by atoms with Gasteiger partial charge in [-0.25, -0.2) is 0 Å². The first kappa shape index (κ1) is 8.84. The van der Waals surface area contributed by atoms with Crippen LogP contribution in [0.3, 0.4) is 0 Å². The molecule has 2 aromatic rings. The molecule has 0 saturated carbocycles. The Morgan fingerprint density at radius 1 is 1.07 bits per heavy atom. The van der Waals surface area contributed by atoms with Crippen LogP contribution in [0.5, 0.6) is 11.5 Å². The summed E-state index contributed by atoms with van der Waals surface area (Å²) in [4.78, 5) is 9.29. The van der Waals surface area contributed by atoms with Crippen LogP contribution in [0.2, 0.25) is 0 Å². The smallest absolute Gasteiger partial charge is 0.207 e. The van der Waals surface area contributed by atoms with Gasteiger partial charge in [-0.05, 0) is 22.9 Å². The summed E-state index contributed by atoms with van der Waals surface area (Å²) in [5.74, 6) is 0.400. The van der Waals surface area contributed by atoms with Crippen molar-refractivity contribution in [2.75, 3.05) is 7.11 Å². The number of fused-ring (bicyclic) bond motifs is 1. The van der Waals surface area contributed by atoms with Crippen LogP contribution >= 0.6 is 0 Å². The molecule has 2 rings (SSSR count). The van der Waals surface area contributed by atoms with Gasteiger partial charge in [0, 0.05) is 0 Å². The highest BCUT2D eigenvalue weighted by atomic mass is 17.2. The molecule has 0 aliphatic carbocycles. The summed E-state index contributed by atoms with van der Waals surface area (Å²) in [5, 5.41) is 11.5. The second-order valence-corrected chi connectivity index (χ2v) is 2.92. The molecule has 0 radical (unpaired) electrons. The summed E-state index contributed by atoms with van der Waals surface area (Å²) in [5.41, 5.74) is 0. The third-order valence-electron chi connectivity index (χ3n) is 2.00. The van der Waals surface area contributed by atoms with Crippen LogP contribution in [0, 0.1) is 0 Å². The molecule has 0 amide bonds. The van der Waals surface area contributed by atoms with E-state index < -0.39 is 0 Å². The van der Waals surface area contributed by atoms with E-state index in [0.717, 1.165) is 10.8 Å². The zero-order valence-corrected chi connectivity index (χ0v) is 7.73. The van der Waals surface area contributed by atoms with Crippen molar-refractivity contribution in [1.29, 1.82) is 0 Å². The van der Waals surface area contributed by atoms with Crippen LogP contribution in [0.15, 0.2) is 36.4 Å². The molecule has 0 fully saturated rings. The first-order chi connectivity index (χ1) is 6.81. The maximum Gasteiger partial charge on any atom is 0.207 e. The van der Waals surface area contributed by atoms with Gasteiger partial charge in [0.1, 0.15) is 0 Å². The van der Waals surface area contributed by atoms with Crippen LogP contribution in [0.25, 0.3) is 10.8 Å². The number of phenols is 1. The average molecular weight is 190 g/mol. The topological polar surface area (TPSA) is 38.7 Å². The molecule has 0 atom stereocenters. The lowest BCUT2D eigenvalue weighted by atomic mass is 10.1. The number of rotatable bonds is 2. The number of phenolic OH excluding ortho intramolecular Hbond substituents is 1. The van der Waals surface area contributed by atoms with E-state index in [0.29, 0.717) is 5.75 Å². The molecule has 0 bridgehead atoms. The van der Waals surface area contributed by atoms with Crippen molar-refractivity contribution in [3.63, 3.8) is 0 Å². The third-order valence-corrected chi connectivity index (χ3v) is 2.00. The second kappa shape index (κ2) is 3.55. The zero-order valence-electron chi connectivity index (χ0n) is 7.73. The van der Waals surface area contributed by atoms with Crippen molar-refractivity contribution in [2.45, 2.75) is 0 Å². The zero-order chi connectivity index (χ0) is 9.97. The van der Waals surface area contributed by atoms with Gasteiger partial charge in [0.05, 0.1) is 7.11 Å². The fraction of sp³-hybridized carbons (Fsp3) is 0.0909. The standard InChI is InChI=1S/C11H10O3/c1-13-14-11-7-9-5-3-2-4-8(9)6-10(11)12/h2-7,12H,1H3. The lowest BCUT2D eigenvalue weighted by Gasteiger charge is -2.05. The van der Waals surface area contributed by atoms with Crippen molar-refractivity contribution in [3.05, 3.63) is 36.4 Å². The first-order valence-corrected chi connectivity index (χ1v) is 4.23. The minimum absolute atomic E-state index is 0.0746. The molecule has 14 heavy (non-hydrogen) atoms. The summed E-state index contributed by atoms with van der Waals surface area (Å²) in [6, 6.07) is 11.1. The van der Waals surface area contributed by atoms with Gasteiger partial charge in [-0.15, -0.1) is 0 Å². The van der Waals surface area contributed by atoms with E-state index in [1.54, 1.807) is 12.1 Å². The molecule has 0 aliphatic rings. The van der Waals surface area contributed by atoms with Gasteiger partial charge in [0.25, 0.3) is 0 Å². The van der Waals surface area contributed by atoms with Crippen LogP contribution < -0.4 is 4.89 Å². The van der Waals surface area contributed by atoms with E-state index in [1.165, 1.54) is 7.11 Å². The quantitative estimate of drug-likeness (QED) is 0.584. The molecule has 72 valence electrons. The fourth-order valence-electron chi connectivity index (χ4n) is 1.36. The van der Waals surface area contributed by atoms with Gasteiger partial charge < -0.3 is 9.99 Å². The third kappa shape index (κ3) is 1.49. The van der Waals surface area contributed by atoms with Gasteiger partial charge in [0.15, 0.2) is 5.75 Å². The van der Waals surface area contributed by atoms with Crippen molar-refractivity contribution in [3.8, 4) is 11.5 Å². The summed E-state index contributed by atoms with van der Waals surface area (Å²) in [6.45, 7) is 0. The lowest BCUT2D eigenvalue weighted by molar-refractivity contribution is -0.179. The minimum Gasteiger partial charge on any atom is -0.504 e. The van der Waals surface area contributed by atoms with E-state index in [1.807, 2.05) is 24.3 Å². The molecule has 2 aromatic carbocycles. The van der Waals surface area contributed by atoms with E-state index >= 15 is 0 Å². The Kier molecular flexibility index (Phi) is 2.24. The molecule has 0 aromatic heterocycles. The second-order valence-electron chi connectivity index (χ2n) is 2.92. The molecule has 1 N–H and O–H groups in total. The Morgan fingerprint density at radius 2 is 1.71 bits per heavy atom. The Labute approximate surface area is 81.4 Å². The van der Waals surface area contributed by atoms with E-state index in [9.17, 15) is 5.11 Å². The summed E-state index contributed by atoms with van der Waals surface area (Å²) < 4.78 is 0. The Balaban J connectivity index is 2.59. The first-order valence-electron chi connectivity index (χ1n) is 4.23. The number of aromatic hydroxyl groups is 1. The largest absolute Gasteiger partial charge is 0.504 e. The number of benzene rings is 2. The molecular formula is C11H10O3. The van der Waals surface area contributed by atoms with Gasteiger partial charge in [0.2, 0.25) is 5.75 Å². The van der Waals surface area contributed by atoms with Gasteiger partial charge in [-0.3, -0.25) is 0 Å². The van der Waals surface area contributed by atoms with Gasteiger partial charge in [-0.2, -0.15) is 4.89 Å². The SMILES string of the molecule is COOc1cc2ccccc2cc1O. The minimum atomic E-state index is 0.0746. The number of hydrogen-bond donors (Lipinski definition) is 1. The van der Waals surface area contributed by atoms with Crippen molar-refractivity contribution < 1.29 is 14.9 Å². The van der Waals surface area contributed by atoms with Gasteiger partial charge >= 0.3 is 0 Å². The van der Waals surface area contributed by atoms with Gasteiger partial charge in [-0.1, -0.05) is 24.3 Å².